The molecule has 0 heterocycles. The highest BCUT2D eigenvalue weighted by Crippen LogP contribution is 2.02. The number of hydrogen-bond acceptors (Lipinski definition) is 2. The van der Waals surface area contributed by atoms with Gasteiger partial charge in [0.2, 0.25) is 0 Å². The van der Waals surface area contributed by atoms with Crippen LogP contribution in [0, 0.1) is 5.92 Å². The van der Waals surface area contributed by atoms with E-state index >= 15 is 0 Å². The van der Waals surface area contributed by atoms with Gasteiger partial charge in [-0.1, -0.05) is 13.0 Å². The van der Waals surface area contributed by atoms with Crippen LogP contribution >= 0.6 is 0 Å². The van der Waals surface area contributed by atoms with Crippen molar-refractivity contribution in [2.24, 2.45) is 5.92 Å². The molecule has 64 valence electrons. The molecule has 1 unspecified atom stereocenters. The Bertz CT molecular complexity index is 161. The molecule has 0 aromatic heterocycles. The van der Waals surface area contributed by atoms with Crippen LogP contribution in [0.25, 0.3) is 0 Å². The first-order chi connectivity index (χ1) is 5.07. The minimum atomic E-state index is -0.868. The number of carbonyl (C=O) groups is 1. The topological polar surface area (TPSA) is 46.5 Å². The van der Waals surface area contributed by atoms with Gasteiger partial charge in [0.25, 0.3) is 0 Å². The predicted octanol–water partition coefficient (Wildman–Crippen LogP) is 1.30. The molecular weight excluding hydrogens is 144 g/mol. The van der Waals surface area contributed by atoms with Gasteiger partial charge in [0.05, 0.1) is 6.61 Å². The summed E-state index contributed by atoms with van der Waals surface area (Å²) >= 11 is 0. The molecule has 3 heteroatoms. The summed E-state index contributed by atoms with van der Waals surface area (Å²) in [5, 5.41) is 8.49. The largest absolute Gasteiger partial charge is 0.478 e. The van der Waals surface area contributed by atoms with E-state index in [4.69, 9.17) is 9.84 Å². The maximum atomic E-state index is 10.3. The second kappa shape index (κ2) is 4.91. The molecular formula is C8H14O3. The normalized spacial score (nSPS) is 14.6. The molecule has 0 rings (SSSR count). The van der Waals surface area contributed by atoms with E-state index < -0.39 is 5.97 Å². The van der Waals surface area contributed by atoms with Gasteiger partial charge in [0, 0.05) is 12.7 Å². The van der Waals surface area contributed by atoms with Gasteiger partial charge in [0.15, 0.2) is 0 Å². The first-order valence-corrected chi connectivity index (χ1v) is 3.48. The minimum absolute atomic E-state index is 0.163. The Kier molecular flexibility index (Phi) is 4.54. The zero-order valence-corrected chi connectivity index (χ0v) is 7.13. The average Bonchev–Trinajstić information content (AvgIpc) is 1.87. The van der Waals surface area contributed by atoms with Gasteiger partial charge >= 0.3 is 5.97 Å². The van der Waals surface area contributed by atoms with Crippen LogP contribution in [0.2, 0.25) is 0 Å². The molecule has 0 fully saturated rings. The van der Waals surface area contributed by atoms with Crippen LogP contribution in [0.4, 0.5) is 0 Å². The van der Waals surface area contributed by atoms with Crippen LogP contribution < -0.4 is 0 Å². The maximum absolute atomic E-state index is 10.3. The molecule has 3 nitrogen and oxygen atoms in total. The first-order valence-electron chi connectivity index (χ1n) is 3.48. The quantitative estimate of drug-likeness (QED) is 0.627. The summed E-state index contributed by atoms with van der Waals surface area (Å²) < 4.78 is 4.85. The van der Waals surface area contributed by atoms with Gasteiger partial charge in [-0.2, -0.15) is 0 Å². The van der Waals surface area contributed by atoms with Crippen LogP contribution in [-0.4, -0.2) is 24.8 Å². The zero-order chi connectivity index (χ0) is 8.85. The summed E-state index contributed by atoms with van der Waals surface area (Å²) in [5.74, 6) is -0.705. The monoisotopic (exact) mass is 158 g/mol. The Morgan fingerprint density at radius 2 is 2.27 bits per heavy atom. The highest BCUT2D eigenvalue weighted by molar-refractivity contribution is 5.85. The Labute approximate surface area is 66.7 Å². The fourth-order valence-corrected chi connectivity index (χ4v) is 0.809. The Balaban J connectivity index is 3.96. The molecule has 11 heavy (non-hydrogen) atoms. The number of ether oxygens (including phenoxy) is 1. The van der Waals surface area contributed by atoms with Crippen molar-refractivity contribution in [3.8, 4) is 0 Å². The summed E-state index contributed by atoms with van der Waals surface area (Å²) in [5.41, 5.74) is 0.370. The van der Waals surface area contributed by atoms with Crippen LogP contribution in [0.1, 0.15) is 13.8 Å². The molecule has 0 aliphatic rings. The van der Waals surface area contributed by atoms with Gasteiger partial charge in [-0.3, -0.25) is 0 Å². The van der Waals surface area contributed by atoms with Crippen molar-refractivity contribution in [1.29, 1.82) is 0 Å². The lowest BCUT2D eigenvalue weighted by Crippen LogP contribution is -2.04. The third-order valence-electron chi connectivity index (χ3n) is 1.30. The van der Waals surface area contributed by atoms with Gasteiger partial charge < -0.3 is 9.84 Å². The third kappa shape index (κ3) is 4.56. The molecule has 0 spiro atoms. The first kappa shape index (κ1) is 10.2. The fourth-order valence-electron chi connectivity index (χ4n) is 0.809. The van der Waals surface area contributed by atoms with Crippen molar-refractivity contribution in [1.82, 2.24) is 0 Å². The zero-order valence-electron chi connectivity index (χ0n) is 7.13. The molecule has 0 bridgehead atoms. The molecule has 0 saturated heterocycles. The second-order valence-corrected chi connectivity index (χ2v) is 2.59. The van der Waals surface area contributed by atoms with Crippen LogP contribution in [0.3, 0.4) is 0 Å². The number of aliphatic carboxylic acids is 1. The highest BCUT2D eigenvalue weighted by Gasteiger charge is 2.02. The van der Waals surface area contributed by atoms with E-state index in [9.17, 15) is 4.79 Å². The van der Waals surface area contributed by atoms with Gasteiger partial charge in [-0.25, -0.2) is 4.79 Å². The fraction of sp³-hybridized carbons (Fsp3) is 0.625. The maximum Gasteiger partial charge on any atom is 0.330 e. The van der Waals surface area contributed by atoms with Gasteiger partial charge in [-0.05, 0) is 12.8 Å². The standard InChI is InChI=1S/C8H14O3/c1-6(5-11-3)4-7(2)8(9)10/h4,6H,5H2,1-3H3,(H,9,10). The Morgan fingerprint density at radius 1 is 1.73 bits per heavy atom. The number of carboxylic acids is 1. The van der Waals surface area contributed by atoms with Gasteiger partial charge in [0.1, 0.15) is 0 Å². The van der Waals surface area contributed by atoms with Crippen LogP contribution in [0.15, 0.2) is 11.6 Å². The van der Waals surface area contributed by atoms with Gasteiger partial charge in [-0.15, -0.1) is 0 Å². The van der Waals surface area contributed by atoms with Crippen LogP contribution in [-0.2, 0) is 9.53 Å². The minimum Gasteiger partial charge on any atom is -0.478 e. The van der Waals surface area contributed by atoms with E-state index in [2.05, 4.69) is 0 Å². The van der Waals surface area contributed by atoms with Crippen molar-refractivity contribution in [2.45, 2.75) is 13.8 Å². The van der Waals surface area contributed by atoms with E-state index in [1.807, 2.05) is 6.92 Å². The van der Waals surface area contributed by atoms with E-state index in [0.717, 1.165) is 0 Å². The van der Waals surface area contributed by atoms with Crippen molar-refractivity contribution in [3.63, 3.8) is 0 Å². The lowest BCUT2D eigenvalue weighted by Gasteiger charge is -2.03. The van der Waals surface area contributed by atoms with E-state index in [-0.39, 0.29) is 5.92 Å². The third-order valence-corrected chi connectivity index (χ3v) is 1.30. The van der Waals surface area contributed by atoms with Crippen molar-refractivity contribution in [2.75, 3.05) is 13.7 Å². The smallest absolute Gasteiger partial charge is 0.330 e. The Hall–Kier alpha value is -0.830. The molecule has 0 aromatic carbocycles. The van der Waals surface area contributed by atoms with Crippen molar-refractivity contribution < 1.29 is 14.6 Å². The van der Waals surface area contributed by atoms with Crippen molar-refractivity contribution >= 4 is 5.97 Å². The Morgan fingerprint density at radius 3 is 2.64 bits per heavy atom. The second-order valence-electron chi connectivity index (χ2n) is 2.59. The SMILES string of the molecule is COCC(C)C=C(C)C(=O)O. The molecule has 0 radical (unpaired) electrons. The molecule has 0 aromatic rings. The summed E-state index contributed by atoms with van der Waals surface area (Å²) in [6, 6.07) is 0. The van der Waals surface area contributed by atoms with E-state index in [1.165, 1.54) is 0 Å². The summed E-state index contributed by atoms with van der Waals surface area (Å²) in [6.07, 6.45) is 1.69. The van der Waals surface area contributed by atoms with E-state index in [0.29, 0.717) is 12.2 Å². The molecule has 0 aliphatic carbocycles. The lowest BCUT2D eigenvalue weighted by molar-refractivity contribution is -0.132. The highest BCUT2D eigenvalue weighted by atomic mass is 16.5. The average molecular weight is 158 g/mol. The summed E-state index contributed by atoms with van der Waals surface area (Å²) in [6.45, 7) is 4.05. The van der Waals surface area contributed by atoms with E-state index in [1.54, 1.807) is 20.1 Å². The lowest BCUT2D eigenvalue weighted by atomic mass is 10.1. The number of methoxy groups -OCH3 is 1. The number of carboxylic acid groups (broad SMARTS) is 1. The van der Waals surface area contributed by atoms with Crippen LogP contribution in [0.5, 0.6) is 0 Å². The summed E-state index contributed by atoms with van der Waals surface area (Å²) in [4.78, 5) is 10.3. The molecule has 0 amide bonds. The van der Waals surface area contributed by atoms with Crippen molar-refractivity contribution in [3.05, 3.63) is 11.6 Å². The number of hydrogen-bond donors (Lipinski definition) is 1. The molecule has 1 N–H and O–H groups in total. The predicted molar refractivity (Wildman–Crippen MR) is 42.4 cm³/mol. The molecule has 0 aliphatic heterocycles. The summed E-state index contributed by atoms with van der Waals surface area (Å²) in [7, 11) is 1.60. The molecule has 0 saturated carbocycles. The molecule has 1 atom stereocenters. The number of rotatable bonds is 4.